The van der Waals surface area contributed by atoms with Gasteiger partial charge in [-0.2, -0.15) is 11.3 Å². The summed E-state index contributed by atoms with van der Waals surface area (Å²) in [5.74, 6) is 0. The van der Waals surface area contributed by atoms with Crippen LogP contribution in [0.5, 0.6) is 0 Å². The predicted molar refractivity (Wildman–Crippen MR) is 83.5 cm³/mol. The molecular weight excluding hydrogens is 286 g/mol. The molecule has 2 aliphatic heterocycles. The quantitative estimate of drug-likeness (QED) is 0.922. The molecule has 2 aliphatic rings. The van der Waals surface area contributed by atoms with Crippen molar-refractivity contribution in [3.8, 4) is 0 Å². The third kappa shape index (κ3) is 4.18. The van der Waals surface area contributed by atoms with Crippen LogP contribution >= 0.6 is 11.3 Å². The normalized spacial score (nSPS) is 23.4. The van der Waals surface area contributed by atoms with Crippen LogP contribution in [-0.2, 0) is 11.3 Å². The van der Waals surface area contributed by atoms with Crippen molar-refractivity contribution >= 4 is 17.4 Å². The van der Waals surface area contributed by atoms with E-state index in [-0.39, 0.29) is 12.1 Å². The van der Waals surface area contributed by atoms with E-state index < -0.39 is 0 Å². The lowest BCUT2D eigenvalue weighted by molar-refractivity contribution is 0.104. The van der Waals surface area contributed by atoms with Crippen LogP contribution < -0.4 is 5.32 Å². The molecule has 6 heteroatoms. The Labute approximate surface area is 129 Å². The van der Waals surface area contributed by atoms with Crippen LogP contribution in [0.15, 0.2) is 16.8 Å². The van der Waals surface area contributed by atoms with Crippen LogP contribution in [0.1, 0.15) is 18.4 Å². The fraction of sp³-hybridized carbons (Fsp3) is 0.667. The monoisotopic (exact) mass is 309 g/mol. The molecule has 1 aromatic heterocycles. The molecule has 1 atom stereocenters. The fourth-order valence-corrected chi connectivity index (χ4v) is 3.53. The lowest BCUT2D eigenvalue weighted by Crippen LogP contribution is -2.52. The number of amides is 2. The molecule has 2 fully saturated rings. The van der Waals surface area contributed by atoms with E-state index in [0.29, 0.717) is 6.54 Å². The number of piperazine rings is 1. The van der Waals surface area contributed by atoms with E-state index in [1.54, 1.807) is 11.3 Å². The molecule has 3 rings (SSSR count). The molecule has 0 bridgehead atoms. The minimum Gasteiger partial charge on any atom is -0.376 e. The van der Waals surface area contributed by atoms with Gasteiger partial charge in [-0.1, -0.05) is 0 Å². The highest BCUT2D eigenvalue weighted by atomic mass is 32.1. The maximum Gasteiger partial charge on any atom is 0.317 e. The first-order valence-corrected chi connectivity index (χ1v) is 8.63. The average Bonchev–Trinajstić information content (AvgIpc) is 3.19. The van der Waals surface area contributed by atoms with Gasteiger partial charge in [0.15, 0.2) is 0 Å². The Balaban J connectivity index is 1.37. The third-order valence-electron chi connectivity index (χ3n) is 4.15. The van der Waals surface area contributed by atoms with E-state index in [1.165, 1.54) is 5.56 Å². The molecule has 1 aromatic rings. The number of thiophene rings is 1. The Hall–Kier alpha value is -1.11. The molecule has 5 nitrogen and oxygen atoms in total. The van der Waals surface area contributed by atoms with E-state index in [9.17, 15) is 4.79 Å². The summed E-state index contributed by atoms with van der Waals surface area (Å²) in [4.78, 5) is 16.4. The zero-order chi connectivity index (χ0) is 14.5. The van der Waals surface area contributed by atoms with Crippen LogP contribution in [0.4, 0.5) is 4.79 Å². The maximum absolute atomic E-state index is 12.1. The third-order valence-corrected chi connectivity index (χ3v) is 4.88. The number of rotatable bonds is 4. The van der Waals surface area contributed by atoms with Gasteiger partial charge < -0.3 is 15.0 Å². The van der Waals surface area contributed by atoms with Gasteiger partial charge >= 0.3 is 6.03 Å². The van der Waals surface area contributed by atoms with Crippen LogP contribution in [0, 0.1) is 0 Å². The number of urea groups is 1. The van der Waals surface area contributed by atoms with E-state index >= 15 is 0 Å². The van der Waals surface area contributed by atoms with Crippen molar-refractivity contribution in [1.29, 1.82) is 0 Å². The van der Waals surface area contributed by atoms with E-state index in [0.717, 1.165) is 52.2 Å². The fourth-order valence-electron chi connectivity index (χ4n) is 2.87. The van der Waals surface area contributed by atoms with Crippen LogP contribution in [0.25, 0.3) is 0 Å². The Morgan fingerprint density at radius 3 is 2.90 bits per heavy atom. The van der Waals surface area contributed by atoms with Crippen LogP contribution in [-0.4, -0.2) is 61.3 Å². The molecule has 2 saturated heterocycles. The largest absolute Gasteiger partial charge is 0.376 e. The van der Waals surface area contributed by atoms with E-state index in [2.05, 4.69) is 27.0 Å². The number of hydrogen-bond acceptors (Lipinski definition) is 4. The lowest BCUT2D eigenvalue weighted by atomic mass is 10.2. The van der Waals surface area contributed by atoms with Crippen molar-refractivity contribution in [1.82, 2.24) is 15.1 Å². The average molecular weight is 309 g/mol. The first-order chi connectivity index (χ1) is 10.3. The smallest absolute Gasteiger partial charge is 0.317 e. The molecule has 0 spiro atoms. The molecule has 0 aromatic carbocycles. The second-order valence-electron chi connectivity index (χ2n) is 5.72. The van der Waals surface area contributed by atoms with Gasteiger partial charge in [0.25, 0.3) is 0 Å². The van der Waals surface area contributed by atoms with Gasteiger partial charge in [-0.05, 0) is 35.2 Å². The SMILES string of the molecule is O=C(NCC1CCCO1)N1CCN(Cc2ccsc2)CC1. The first-order valence-electron chi connectivity index (χ1n) is 7.69. The van der Waals surface area contributed by atoms with Crippen LogP contribution in [0.3, 0.4) is 0 Å². The number of ether oxygens (including phenoxy) is 1. The van der Waals surface area contributed by atoms with Gasteiger partial charge in [-0.25, -0.2) is 4.79 Å². The van der Waals surface area contributed by atoms with Crippen molar-refractivity contribution in [3.05, 3.63) is 22.4 Å². The molecule has 1 N–H and O–H groups in total. The molecule has 0 aliphatic carbocycles. The molecule has 116 valence electrons. The van der Waals surface area contributed by atoms with Gasteiger partial charge in [0.1, 0.15) is 0 Å². The molecular formula is C15H23N3O2S. The maximum atomic E-state index is 12.1. The minimum atomic E-state index is 0.0562. The molecule has 21 heavy (non-hydrogen) atoms. The van der Waals surface area contributed by atoms with Crippen molar-refractivity contribution in [3.63, 3.8) is 0 Å². The van der Waals surface area contributed by atoms with Crippen molar-refractivity contribution in [2.45, 2.75) is 25.5 Å². The van der Waals surface area contributed by atoms with Gasteiger partial charge in [0, 0.05) is 45.9 Å². The zero-order valence-electron chi connectivity index (χ0n) is 12.3. The highest BCUT2D eigenvalue weighted by Gasteiger charge is 2.22. The standard InChI is InChI=1S/C15H23N3O2S/c19-15(16-10-14-2-1-8-20-14)18-6-4-17(5-7-18)11-13-3-9-21-12-13/h3,9,12,14H,1-2,4-8,10-11H2,(H,16,19). The summed E-state index contributed by atoms with van der Waals surface area (Å²) in [5, 5.41) is 7.31. The van der Waals surface area contributed by atoms with Crippen molar-refractivity contribution in [2.75, 3.05) is 39.3 Å². The Morgan fingerprint density at radius 1 is 1.38 bits per heavy atom. The summed E-state index contributed by atoms with van der Waals surface area (Å²) in [6.45, 7) is 5.99. The van der Waals surface area contributed by atoms with Crippen LogP contribution in [0.2, 0.25) is 0 Å². The molecule has 1 unspecified atom stereocenters. The molecule has 3 heterocycles. The van der Waals surface area contributed by atoms with Gasteiger partial charge in [0.2, 0.25) is 0 Å². The summed E-state index contributed by atoms with van der Waals surface area (Å²) >= 11 is 1.74. The number of carbonyl (C=O) groups is 1. The number of hydrogen-bond donors (Lipinski definition) is 1. The van der Waals surface area contributed by atoms with Crippen molar-refractivity contribution < 1.29 is 9.53 Å². The van der Waals surface area contributed by atoms with Gasteiger partial charge in [-0.15, -0.1) is 0 Å². The number of nitrogens with one attached hydrogen (secondary N) is 1. The minimum absolute atomic E-state index is 0.0562. The van der Waals surface area contributed by atoms with Gasteiger partial charge in [0.05, 0.1) is 6.10 Å². The van der Waals surface area contributed by atoms with E-state index in [1.807, 2.05) is 4.90 Å². The predicted octanol–water partition coefficient (Wildman–Crippen LogP) is 1.75. The lowest BCUT2D eigenvalue weighted by Gasteiger charge is -2.34. The summed E-state index contributed by atoms with van der Waals surface area (Å²) in [7, 11) is 0. The summed E-state index contributed by atoms with van der Waals surface area (Å²) in [5.41, 5.74) is 1.37. The zero-order valence-corrected chi connectivity index (χ0v) is 13.1. The second-order valence-corrected chi connectivity index (χ2v) is 6.50. The highest BCUT2D eigenvalue weighted by Crippen LogP contribution is 2.13. The summed E-state index contributed by atoms with van der Waals surface area (Å²) < 4.78 is 5.53. The molecule has 0 radical (unpaired) electrons. The Morgan fingerprint density at radius 2 is 2.24 bits per heavy atom. The molecule has 2 amide bonds. The number of nitrogens with zero attached hydrogens (tertiary/aromatic N) is 2. The molecule has 0 saturated carbocycles. The Bertz CT molecular complexity index is 438. The number of carbonyl (C=O) groups excluding carboxylic acids is 1. The van der Waals surface area contributed by atoms with E-state index in [4.69, 9.17) is 4.74 Å². The topological polar surface area (TPSA) is 44.8 Å². The second kappa shape index (κ2) is 7.24. The van der Waals surface area contributed by atoms with Gasteiger partial charge in [-0.3, -0.25) is 4.90 Å². The Kier molecular flexibility index (Phi) is 5.11. The van der Waals surface area contributed by atoms with Crippen molar-refractivity contribution in [2.24, 2.45) is 0 Å². The summed E-state index contributed by atoms with van der Waals surface area (Å²) in [6.07, 6.45) is 2.39. The first kappa shape index (κ1) is 14.8. The summed E-state index contributed by atoms with van der Waals surface area (Å²) in [6, 6.07) is 2.23. The highest BCUT2D eigenvalue weighted by molar-refractivity contribution is 7.07.